The Morgan fingerprint density at radius 3 is 2.39 bits per heavy atom. The summed E-state index contributed by atoms with van der Waals surface area (Å²) >= 11 is 0. The maximum atomic E-state index is 11.5. The molecule has 1 saturated carbocycles. The summed E-state index contributed by atoms with van der Waals surface area (Å²) in [6, 6.07) is 10.4. The van der Waals surface area contributed by atoms with E-state index in [0.29, 0.717) is 13.1 Å². The predicted octanol–water partition coefficient (Wildman–Crippen LogP) is 1.66. The van der Waals surface area contributed by atoms with Crippen molar-refractivity contribution < 1.29 is 4.79 Å². The van der Waals surface area contributed by atoms with Gasteiger partial charge in [-0.3, -0.25) is 9.79 Å². The minimum Gasteiger partial charge on any atom is -0.356 e. The standard InChI is InChI=1S/C18H28N4O/c1-18(2,15-7-5-4-6-8-15)13-22-17(19-3)21-12-11-20-16(23)14-9-10-14/h4-8,14H,9-13H2,1-3H3,(H,20,23)(H2,19,21,22). The first-order valence-electron chi connectivity index (χ1n) is 8.31. The Hall–Kier alpha value is -2.04. The summed E-state index contributed by atoms with van der Waals surface area (Å²) < 4.78 is 0. The smallest absolute Gasteiger partial charge is 0.223 e. The van der Waals surface area contributed by atoms with E-state index in [1.54, 1.807) is 7.05 Å². The van der Waals surface area contributed by atoms with E-state index in [2.05, 4.69) is 59.1 Å². The zero-order valence-electron chi connectivity index (χ0n) is 14.4. The highest BCUT2D eigenvalue weighted by Gasteiger charge is 2.29. The fourth-order valence-electron chi connectivity index (χ4n) is 2.37. The summed E-state index contributed by atoms with van der Waals surface area (Å²) in [5, 5.41) is 9.53. The molecule has 0 radical (unpaired) electrons. The Kier molecular flexibility index (Phi) is 6.02. The Morgan fingerprint density at radius 2 is 1.78 bits per heavy atom. The van der Waals surface area contributed by atoms with Crippen molar-refractivity contribution in [3.63, 3.8) is 0 Å². The van der Waals surface area contributed by atoms with Crippen molar-refractivity contribution in [1.29, 1.82) is 0 Å². The molecule has 1 aromatic rings. The second-order valence-electron chi connectivity index (χ2n) is 6.67. The Labute approximate surface area is 139 Å². The van der Waals surface area contributed by atoms with Crippen LogP contribution < -0.4 is 16.0 Å². The molecule has 3 N–H and O–H groups in total. The summed E-state index contributed by atoms with van der Waals surface area (Å²) in [4.78, 5) is 15.8. The van der Waals surface area contributed by atoms with Crippen molar-refractivity contribution in [1.82, 2.24) is 16.0 Å². The lowest BCUT2D eigenvalue weighted by Crippen LogP contribution is -2.45. The van der Waals surface area contributed by atoms with Gasteiger partial charge in [0.15, 0.2) is 5.96 Å². The molecule has 0 heterocycles. The van der Waals surface area contributed by atoms with Gasteiger partial charge >= 0.3 is 0 Å². The molecule has 0 saturated heterocycles. The van der Waals surface area contributed by atoms with Crippen LogP contribution in [0.3, 0.4) is 0 Å². The number of aliphatic imine (C=N–C) groups is 1. The maximum Gasteiger partial charge on any atom is 0.223 e. The number of carbonyl (C=O) groups excluding carboxylic acids is 1. The van der Waals surface area contributed by atoms with Crippen molar-refractivity contribution in [2.24, 2.45) is 10.9 Å². The number of benzene rings is 1. The van der Waals surface area contributed by atoms with E-state index in [-0.39, 0.29) is 17.2 Å². The zero-order valence-corrected chi connectivity index (χ0v) is 14.4. The molecule has 0 aromatic heterocycles. The van der Waals surface area contributed by atoms with Gasteiger partial charge in [0.25, 0.3) is 0 Å². The van der Waals surface area contributed by atoms with Gasteiger partial charge in [-0.1, -0.05) is 44.2 Å². The zero-order chi connectivity index (χ0) is 16.7. The van der Waals surface area contributed by atoms with Gasteiger partial charge in [-0.05, 0) is 18.4 Å². The van der Waals surface area contributed by atoms with Crippen molar-refractivity contribution in [3.05, 3.63) is 35.9 Å². The van der Waals surface area contributed by atoms with Crippen LogP contribution >= 0.6 is 0 Å². The van der Waals surface area contributed by atoms with Gasteiger partial charge in [0.05, 0.1) is 0 Å². The second kappa shape index (κ2) is 7.99. The topological polar surface area (TPSA) is 65.5 Å². The molecule has 0 unspecified atom stereocenters. The van der Waals surface area contributed by atoms with Crippen LogP contribution in [0.15, 0.2) is 35.3 Å². The van der Waals surface area contributed by atoms with Gasteiger partial charge in [0.1, 0.15) is 0 Å². The molecule has 5 heteroatoms. The third-order valence-electron chi connectivity index (χ3n) is 4.14. The highest BCUT2D eigenvalue weighted by atomic mass is 16.2. The lowest BCUT2D eigenvalue weighted by Gasteiger charge is -2.26. The van der Waals surface area contributed by atoms with E-state index < -0.39 is 0 Å². The molecule has 5 nitrogen and oxygen atoms in total. The van der Waals surface area contributed by atoms with Crippen molar-refractivity contribution in [2.75, 3.05) is 26.7 Å². The molecule has 1 amide bonds. The first kappa shape index (κ1) is 17.3. The van der Waals surface area contributed by atoms with E-state index >= 15 is 0 Å². The van der Waals surface area contributed by atoms with Crippen molar-refractivity contribution >= 4 is 11.9 Å². The van der Waals surface area contributed by atoms with Gasteiger partial charge < -0.3 is 16.0 Å². The maximum absolute atomic E-state index is 11.5. The summed E-state index contributed by atoms with van der Waals surface area (Å²) in [7, 11) is 1.76. The summed E-state index contributed by atoms with van der Waals surface area (Å²) in [6.07, 6.45) is 2.08. The van der Waals surface area contributed by atoms with Crippen LogP contribution in [0.5, 0.6) is 0 Å². The molecule has 0 atom stereocenters. The van der Waals surface area contributed by atoms with E-state index in [9.17, 15) is 4.79 Å². The molecule has 23 heavy (non-hydrogen) atoms. The monoisotopic (exact) mass is 316 g/mol. The highest BCUT2D eigenvalue weighted by molar-refractivity contribution is 5.81. The first-order chi connectivity index (χ1) is 11.0. The fourth-order valence-corrected chi connectivity index (χ4v) is 2.37. The highest BCUT2D eigenvalue weighted by Crippen LogP contribution is 2.28. The lowest BCUT2D eigenvalue weighted by atomic mass is 9.85. The van der Waals surface area contributed by atoms with E-state index in [4.69, 9.17) is 0 Å². The molecule has 0 bridgehead atoms. The summed E-state index contributed by atoms with van der Waals surface area (Å²) in [5.74, 6) is 1.20. The van der Waals surface area contributed by atoms with Gasteiger partial charge in [-0.15, -0.1) is 0 Å². The molecule has 126 valence electrons. The van der Waals surface area contributed by atoms with Gasteiger partial charge in [-0.25, -0.2) is 0 Å². The van der Waals surface area contributed by atoms with Crippen molar-refractivity contribution in [2.45, 2.75) is 32.1 Å². The normalized spacial score (nSPS) is 15.2. The molecule has 1 aliphatic rings. The largest absolute Gasteiger partial charge is 0.356 e. The second-order valence-corrected chi connectivity index (χ2v) is 6.67. The number of rotatable bonds is 7. The van der Waals surface area contributed by atoms with Gasteiger partial charge in [-0.2, -0.15) is 0 Å². The number of hydrogen-bond acceptors (Lipinski definition) is 2. The molecule has 1 fully saturated rings. The minimum atomic E-state index is 0.0130. The number of nitrogens with one attached hydrogen (secondary N) is 3. The Bertz CT molecular complexity index is 535. The first-order valence-corrected chi connectivity index (χ1v) is 8.31. The van der Waals surface area contributed by atoms with Crippen LogP contribution in [0.4, 0.5) is 0 Å². The molecular formula is C18H28N4O. The Balaban J connectivity index is 1.70. The fraction of sp³-hybridized carbons (Fsp3) is 0.556. The minimum absolute atomic E-state index is 0.0130. The predicted molar refractivity (Wildman–Crippen MR) is 94.6 cm³/mol. The van der Waals surface area contributed by atoms with E-state index in [0.717, 1.165) is 25.3 Å². The van der Waals surface area contributed by atoms with Crippen LogP contribution in [0, 0.1) is 5.92 Å². The Morgan fingerprint density at radius 1 is 1.13 bits per heavy atom. The summed E-state index contributed by atoms with van der Waals surface area (Å²) in [6.45, 7) is 6.49. The molecule has 0 aliphatic heterocycles. The third-order valence-corrected chi connectivity index (χ3v) is 4.14. The van der Waals surface area contributed by atoms with Crippen LogP contribution in [-0.2, 0) is 10.2 Å². The van der Waals surface area contributed by atoms with E-state index in [1.165, 1.54) is 5.56 Å². The van der Waals surface area contributed by atoms with Crippen LogP contribution in [0.2, 0.25) is 0 Å². The average molecular weight is 316 g/mol. The number of hydrogen-bond donors (Lipinski definition) is 3. The molecule has 0 spiro atoms. The SMILES string of the molecule is CN=C(NCCNC(=O)C1CC1)NCC(C)(C)c1ccccc1. The van der Waals surface area contributed by atoms with E-state index in [1.807, 2.05) is 6.07 Å². The molecule has 1 aliphatic carbocycles. The van der Waals surface area contributed by atoms with Crippen LogP contribution in [-0.4, -0.2) is 38.5 Å². The molecule has 2 rings (SSSR count). The summed E-state index contributed by atoms with van der Waals surface area (Å²) in [5.41, 5.74) is 1.30. The van der Waals surface area contributed by atoms with Gasteiger partial charge in [0, 0.05) is 38.0 Å². The lowest BCUT2D eigenvalue weighted by molar-refractivity contribution is -0.122. The van der Waals surface area contributed by atoms with Crippen molar-refractivity contribution in [3.8, 4) is 0 Å². The van der Waals surface area contributed by atoms with Gasteiger partial charge in [0.2, 0.25) is 5.91 Å². The molecule has 1 aromatic carbocycles. The molecular weight excluding hydrogens is 288 g/mol. The number of amides is 1. The number of carbonyl (C=O) groups is 1. The van der Waals surface area contributed by atoms with Crippen LogP contribution in [0.25, 0.3) is 0 Å². The number of guanidine groups is 1. The third kappa shape index (κ3) is 5.58. The van der Waals surface area contributed by atoms with Crippen LogP contribution in [0.1, 0.15) is 32.3 Å². The quantitative estimate of drug-likeness (QED) is 0.407. The number of nitrogens with zero attached hydrogens (tertiary/aromatic N) is 1. The average Bonchev–Trinajstić information content (AvgIpc) is 3.40.